The summed E-state index contributed by atoms with van der Waals surface area (Å²) in [5, 5.41) is 18.1. The number of carbonyl (C=O) groups is 4. The lowest BCUT2D eigenvalue weighted by molar-refractivity contribution is -0.138. The zero-order valence-electron chi connectivity index (χ0n) is 33.2. The smallest absolute Gasteiger partial charge is 0.417 e. The van der Waals surface area contributed by atoms with Crippen molar-refractivity contribution in [2.75, 3.05) is 40.1 Å². The monoisotopic (exact) mass is 863 g/mol. The van der Waals surface area contributed by atoms with E-state index in [4.69, 9.17) is 28.6 Å². The van der Waals surface area contributed by atoms with Crippen LogP contribution >= 0.6 is 23.8 Å². The summed E-state index contributed by atoms with van der Waals surface area (Å²) in [5.41, 5.74) is -0.0643. The summed E-state index contributed by atoms with van der Waals surface area (Å²) in [5.74, 6) is -0.167. The summed E-state index contributed by atoms with van der Waals surface area (Å²) in [4.78, 5) is 56.1. The van der Waals surface area contributed by atoms with Crippen molar-refractivity contribution in [2.45, 2.75) is 95.4 Å². The van der Waals surface area contributed by atoms with Crippen LogP contribution in [0.5, 0.6) is 5.75 Å². The highest BCUT2D eigenvalue weighted by Crippen LogP contribution is 2.49. The first-order valence-electron chi connectivity index (χ1n) is 20.1. The van der Waals surface area contributed by atoms with Crippen LogP contribution in [0.15, 0.2) is 54.6 Å². The number of nitriles is 1. The molecule has 0 aromatic heterocycles. The Kier molecular flexibility index (Phi) is 12.4. The molecule has 3 saturated heterocycles. The minimum atomic E-state index is -4.78. The Bertz CT molecular complexity index is 2260. The number of thiocarbonyl (C=S) groups is 1. The quantitative estimate of drug-likeness (QED) is 0.123. The fourth-order valence-corrected chi connectivity index (χ4v) is 9.19. The van der Waals surface area contributed by atoms with Crippen LogP contribution in [0, 0.1) is 17.2 Å². The number of ether oxygens (including phenoxy) is 1. The van der Waals surface area contributed by atoms with E-state index < -0.39 is 40.8 Å². The van der Waals surface area contributed by atoms with Gasteiger partial charge in [-0.1, -0.05) is 18.5 Å². The summed E-state index contributed by atoms with van der Waals surface area (Å²) in [6.07, 6.45) is 0.803. The van der Waals surface area contributed by atoms with Crippen LogP contribution in [0.2, 0.25) is 5.02 Å². The first-order chi connectivity index (χ1) is 28.6. The molecule has 3 aromatic carbocycles. The van der Waals surface area contributed by atoms with E-state index in [1.165, 1.54) is 11.0 Å². The summed E-state index contributed by atoms with van der Waals surface area (Å²) in [6.45, 7) is 5.82. The van der Waals surface area contributed by atoms with E-state index in [1.807, 2.05) is 32.0 Å². The number of amides is 4. The molecule has 1 saturated carbocycles. The first-order valence-corrected chi connectivity index (χ1v) is 20.9. The van der Waals surface area contributed by atoms with Crippen LogP contribution in [0.4, 0.5) is 35.9 Å². The van der Waals surface area contributed by atoms with E-state index in [1.54, 1.807) is 29.2 Å². The molecular weight excluding hydrogens is 819 g/mol. The Hall–Kier alpha value is -5.24. The Morgan fingerprint density at radius 1 is 1.05 bits per heavy atom. The van der Waals surface area contributed by atoms with Crippen LogP contribution in [0.1, 0.15) is 81.9 Å². The number of aryl methyl sites for hydroxylation is 1. The number of carbonyl (C=O) groups excluding carboxylic acids is 4. The van der Waals surface area contributed by atoms with Crippen molar-refractivity contribution in [3.8, 4) is 11.8 Å². The number of imide groups is 1. The fraction of sp³-hybridized carbons (Fsp3) is 0.442. The summed E-state index contributed by atoms with van der Waals surface area (Å²) >= 11 is 12.2. The van der Waals surface area contributed by atoms with Gasteiger partial charge in [0.1, 0.15) is 17.3 Å². The van der Waals surface area contributed by atoms with E-state index in [2.05, 4.69) is 20.9 Å². The van der Waals surface area contributed by atoms with Crippen molar-refractivity contribution in [3.05, 3.63) is 76.3 Å². The molecule has 2 atom stereocenters. The standard InChI is InChI=1S/C43H45ClF3N7O5S/c1-3-27-19-33(54-41(60)53(40(58)42(54)14-4-15-42)32-6-5-28(24-48)34(23-32)43(45,46)47)7-9-36(27)59-18-13-26-11-16-52(17-12-26)25(2)38(56)50-31-21-29(44)20-30(22-31)49-35-8-10-37(55)51-39(35)57/h5-7,9,19-23,25-26,35,49H,3-4,8,10-18H2,1-2H3,(H,50,56)(H,51,55,57)/t25-,35?/m0/s1. The van der Waals surface area contributed by atoms with Gasteiger partial charge in [0.05, 0.1) is 35.5 Å². The van der Waals surface area contributed by atoms with Gasteiger partial charge in [0.2, 0.25) is 17.7 Å². The molecule has 3 N–H and O–H groups in total. The molecule has 17 heteroatoms. The number of anilines is 4. The number of likely N-dealkylation sites (tertiary alicyclic amines) is 1. The highest BCUT2D eigenvalue weighted by Gasteiger charge is 2.59. The van der Waals surface area contributed by atoms with Crippen molar-refractivity contribution < 1.29 is 37.1 Å². The molecule has 60 heavy (non-hydrogen) atoms. The second kappa shape index (κ2) is 17.4. The lowest BCUT2D eigenvalue weighted by Gasteiger charge is -2.43. The Morgan fingerprint density at radius 2 is 1.77 bits per heavy atom. The summed E-state index contributed by atoms with van der Waals surface area (Å²) in [6, 6.07) is 14.5. The molecule has 3 aromatic rings. The number of alkyl halides is 3. The number of nitrogens with zero attached hydrogens (tertiary/aromatic N) is 4. The second-order valence-electron chi connectivity index (χ2n) is 15.8. The van der Waals surface area contributed by atoms with Crippen LogP contribution in [0.25, 0.3) is 0 Å². The maximum Gasteiger partial charge on any atom is 0.417 e. The third kappa shape index (κ3) is 8.66. The molecule has 7 rings (SSSR count). The fourth-order valence-electron chi connectivity index (χ4n) is 8.49. The van der Waals surface area contributed by atoms with Crippen molar-refractivity contribution >= 4 is 75.3 Å². The molecule has 1 aliphatic carbocycles. The summed E-state index contributed by atoms with van der Waals surface area (Å²) in [7, 11) is 0. The molecule has 4 fully saturated rings. The third-order valence-electron chi connectivity index (χ3n) is 12.1. The molecule has 0 bridgehead atoms. The number of piperidine rings is 2. The minimum absolute atomic E-state index is 0.0291. The number of hydrogen-bond donors (Lipinski definition) is 3. The number of rotatable bonds is 12. The van der Waals surface area contributed by atoms with Gasteiger partial charge in [-0.05, 0) is 150 Å². The van der Waals surface area contributed by atoms with Gasteiger partial charge in [0, 0.05) is 28.5 Å². The SMILES string of the molecule is CCc1cc(N2C(=S)N(c3ccc(C#N)c(C(F)(F)F)c3)C(=O)C23CCC3)ccc1OCCC1CCN([C@@H](C)C(=O)Nc2cc(Cl)cc(NC3CCC(=O)NC3=O)c2)CC1. The Morgan fingerprint density at radius 3 is 2.42 bits per heavy atom. The topological polar surface area (TPSA) is 147 Å². The van der Waals surface area contributed by atoms with Gasteiger partial charge in [0.15, 0.2) is 5.11 Å². The van der Waals surface area contributed by atoms with Gasteiger partial charge in [0.25, 0.3) is 5.91 Å². The molecule has 0 radical (unpaired) electrons. The number of nitrogens with one attached hydrogen (secondary N) is 3. The number of halogens is 4. The van der Waals surface area contributed by atoms with E-state index in [0.717, 1.165) is 56.5 Å². The van der Waals surface area contributed by atoms with Crippen LogP contribution in [0.3, 0.4) is 0 Å². The van der Waals surface area contributed by atoms with E-state index in [-0.39, 0.29) is 34.9 Å². The zero-order valence-corrected chi connectivity index (χ0v) is 34.7. The van der Waals surface area contributed by atoms with Crippen LogP contribution < -0.4 is 30.5 Å². The highest BCUT2D eigenvalue weighted by molar-refractivity contribution is 7.81. The molecule has 3 aliphatic heterocycles. The normalized spacial score (nSPS) is 20.1. The summed E-state index contributed by atoms with van der Waals surface area (Å²) < 4.78 is 47.9. The second-order valence-corrected chi connectivity index (χ2v) is 16.6. The number of benzene rings is 3. The van der Waals surface area contributed by atoms with Gasteiger partial charge in [-0.25, -0.2) is 0 Å². The Labute approximate surface area is 356 Å². The van der Waals surface area contributed by atoms with Gasteiger partial charge in [-0.2, -0.15) is 18.4 Å². The Balaban J connectivity index is 0.928. The lowest BCUT2D eigenvalue weighted by atomic mass is 9.75. The maximum atomic E-state index is 14.0. The maximum absolute atomic E-state index is 14.0. The average molecular weight is 864 g/mol. The molecule has 1 unspecified atom stereocenters. The van der Waals surface area contributed by atoms with Gasteiger partial charge >= 0.3 is 6.18 Å². The average Bonchev–Trinajstić information content (AvgIpc) is 3.44. The van der Waals surface area contributed by atoms with E-state index >= 15 is 0 Å². The van der Waals surface area contributed by atoms with Crippen molar-refractivity contribution in [2.24, 2.45) is 5.92 Å². The largest absolute Gasteiger partial charge is 0.493 e. The van der Waals surface area contributed by atoms with E-state index in [9.17, 15) is 37.6 Å². The predicted octanol–water partition coefficient (Wildman–Crippen LogP) is 7.58. The molecule has 4 amide bonds. The van der Waals surface area contributed by atoms with Gasteiger partial charge in [-0.3, -0.25) is 34.3 Å². The van der Waals surface area contributed by atoms with Gasteiger partial charge in [-0.15, -0.1) is 0 Å². The molecule has 12 nitrogen and oxygen atoms in total. The molecular formula is C43H45ClF3N7O5S. The third-order valence-corrected chi connectivity index (χ3v) is 12.7. The molecule has 3 heterocycles. The molecule has 1 spiro atoms. The first kappa shape index (κ1) is 42.9. The number of hydrogen-bond acceptors (Lipinski definition) is 9. The van der Waals surface area contributed by atoms with Crippen LogP contribution in [-0.2, 0) is 31.8 Å². The van der Waals surface area contributed by atoms with Crippen molar-refractivity contribution in [1.29, 1.82) is 5.26 Å². The van der Waals surface area contributed by atoms with E-state index in [0.29, 0.717) is 66.0 Å². The molecule has 4 aliphatic rings. The van der Waals surface area contributed by atoms with Crippen LogP contribution in [-0.4, -0.2) is 71.0 Å². The van der Waals surface area contributed by atoms with Crippen molar-refractivity contribution in [3.63, 3.8) is 0 Å². The zero-order chi connectivity index (χ0) is 42.9. The predicted molar refractivity (Wildman–Crippen MR) is 225 cm³/mol. The highest BCUT2D eigenvalue weighted by atomic mass is 35.5. The lowest BCUT2D eigenvalue weighted by Crippen LogP contribution is -2.55. The molecule has 316 valence electrons. The minimum Gasteiger partial charge on any atom is -0.493 e. The van der Waals surface area contributed by atoms with Gasteiger partial charge < -0.3 is 20.3 Å². The van der Waals surface area contributed by atoms with Crippen molar-refractivity contribution in [1.82, 2.24) is 10.2 Å².